The number of rotatable bonds is 5. The van der Waals surface area contributed by atoms with Crippen molar-refractivity contribution < 1.29 is 4.42 Å². The summed E-state index contributed by atoms with van der Waals surface area (Å²) in [6.07, 6.45) is 5.99. The van der Waals surface area contributed by atoms with Crippen molar-refractivity contribution in [2.45, 2.75) is 32.2 Å². The Morgan fingerprint density at radius 3 is 2.81 bits per heavy atom. The number of thiophene rings is 1. The highest BCUT2D eigenvalue weighted by Gasteiger charge is 2.22. The van der Waals surface area contributed by atoms with E-state index in [9.17, 15) is 0 Å². The fourth-order valence-electron chi connectivity index (χ4n) is 3.61. The molecule has 1 aliphatic carbocycles. The Morgan fingerprint density at radius 2 is 1.96 bits per heavy atom. The number of hydrogen-bond donors (Lipinski definition) is 1. The molecular weight excluding hydrogens is 342 g/mol. The lowest BCUT2D eigenvalue weighted by molar-refractivity contribution is 0.518. The zero-order valence-electron chi connectivity index (χ0n) is 14.4. The van der Waals surface area contributed by atoms with Crippen LogP contribution in [0.1, 0.15) is 34.0 Å². The molecule has 0 unspecified atom stereocenters. The Labute approximate surface area is 155 Å². The molecule has 5 rings (SSSR count). The zero-order chi connectivity index (χ0) is 17.3. The van der Waals surface area contributed by atoms with Crippen LogP contribution in [-0.2, 0) is 25.8 Å². The normalized spacial score (nSPS) is 13.2. The maximum atomic E-state index is 5.46. The molecule has 26 heavy (non-hydrogen) atoms. The van der Waals surface area contributed by atoms with Crippen LogP contribution in [0.2, 0.25) is 0 Å². The summed E-state index contributed by atoms with van der Waals surface area (Å²) in [5.41, 5.74) is 2.67. The van der Waals surface area contributed by atoms with Gasteiger partial charge in [0.1, 0.15) is 22.2 Å². The van der Waals surface area contributed by atoms with E-state index in [1.807, 2.05) is 29.5 Å². The summed E-state index contributed by atoms with van der Waals surface area (Å²) in [5.74, 6) is 2.72. The minimum Gasteiger partial charge on any atom is -0.467 e. The number of hydrogen-bond acceptors (Lipinski definition) is 5. The lowest BCUT2D eigenvalue weighted by Gasteiger charge is -2.09. The van der Waals surface area contributed by atoms with Crippen LogP contribution in [0.4, 0.5) is 5.82 Å². The van der Waals surface area contributed by atoms with E-state index in [-0.39, 0.29) is 0 Å². The van der Waals surface area contributed by atoms with Gasteiger partial charge in [-0.2, -0.15) is 0 Å². The predicted octanol–water partition coefficient (Wildman–Crippen LogP) is 4.98. The molecular formula is C21H19N3OS. The topological polar surface area (TPSA) is 51.0 Å². The van der Waals surface area contributed by atoms with Gasteiger partial charge in [-0.1, -0.05) is 30.3 Å². The minimum atomic E-state index is 0.633. The van der Waals surface area contributed by atoms with E-state index >= 15 is 0 Å². The minimum absolute atomic E-state index is 0.633. The van der Waals surface area contributed by atoms with Crippen LogP contribution in [0.25, 0.3) is 10.2 Å². The highest BCUT2D eigenvalue weighted by molar-refractivity contribution is 7.19. The van der Waals surface area contributed by atoms with Gasteiger partial charge in [0.25, 0.3) is 0 Å². The maximum Gasteiger partial charge on any atom is 0.139 e. The number of aromatic nitrogens is 2. The van der Waals surface area contributed by atoms with Crippen LogP contribution < -0.4 is 5.32 Å². The van der Waals surface area contributed by atoms with Crippen LogP contribution in [0, 0.1) is 0 Å². The first-order valence-corrected chi connectivity index (χ1v) is 9.80. The van der Waals surface area contributed by atoms with E-state index in [1.54, 1.807) is 6.26 Å². The first-order chi connectivity index (χ1) is 12.9. The third-order valence-electron chi connectivity index (χ3n) is 4.83. The third kappa shape index (κ3) is 2.88. The highest BCUT2D eigenvalue weighted by Crippen LogP contribution is 2.39. The average Bonchev–Trinajstić information content (AvgIpc) is 3.37. The van der Waals surface area contributed by atoms with Crippen molar-refractivity contribution in [2.24, 2.45) is 0 Å². The molecule has 3 heterocycles. The SMILES string of the molecule is c1ccc(Cc2nc(NCc3ccco3)c3c4c(sc3n2)CCC4)cc1. The lowest BCUT2D eigenvalue weighted by atomic mass is 10.1. The Bertz CT molecular complexity index is 1040. The molecule has 0 radical (unpaired) electrons. The summed E-state index contributed by atoms with van der Waals surface area (Å²) < 4.78 is 5.46. The molecule has 0 amide bonds. The monoisotopic (exact) mass is 361 g/mol. The first-order valence-electron chi connectivity index (χ1n) is 8.98. The smallest absolute Gasteiger partial charge is 0.139 e. The molecule has 4 aromatic rings. The van der Waals surface area contributed by atoms with Gasteiger partial charge in [0.05, 0.1) is 18.2 Å². The van der Waals surface area contributed by atoms with Crippen molar-refractivity contribution in [2.75, 3.05) is 5.32 Å². The van der Waals surface area contributed by atoms with Gasteiger partial charge in [-0.15, -0.1) is 11.3 Å². The standard InChI is InChI=1S/C21H19N3OS/c1-2-6-14(7-3-1)12-18-23-20(22-13-15-8-5-11-25-15)19-16-9-4-10-17(16)26-21(19)24-18/h1-3,5-8,11H,4,9-10,12-13H2,(H,22,23,24). The van der Waals surface area contributed by atoms with Crippen LogP contribution in [0.3, 0.4) is 0 Å². The van der Waals surface area contributed by atoms with E-state index in [0.29, 0.717) is 6.54 Å². The number of anilines is 1. The highest BCUT2D eigenvalue weighted by atomic mass is 32.1. The van der Waals surface area contributed by atoms with E-state index in [0.717, 1.165) is 35.1 Å². The lowest BCUT2D eigenvalue weighted by Crippen LogP contribution is -2.05. The molecule has 0 bridgehead atoms. The Kier molecular flexibility index (Phi) is 3.94. The third-order valence-corrected chi connectivity index (χ3v) is 6.01. The van der Waals surface area contributed by atoms with Gasteiger partial charge in [0.15, 0.2) is 0 Å². The number of fused-ring (bicyclic) bond motifs is 3. The van der Waals surface area contributed by atoms with Crippen molar-refractivity contribution in [3.05, 3.63) is 76.3 Å². The molecule has 0 spiro atoms. The molecule has 1 N–H and O–H groups in total. The Morgan fingerprint density at radius 1 is 1.04 bits per heavy atom. The van der Waals surface area contributed by atoms with E-state index in [2.05, 4.69) is 29.6 Å². The fourth-order valence-corrected chi connectivity index (χ4v) is 4.89. The molecule has 4 nitrogen and oxygen atoms in total. The predicted molar refractivity (Wildman–Crippen MR) is 105 cm³/mol. The van der Waals surface area contributed by atoms with Gasteiger partial charge in [0, 0.05) is 11.3 Å². The van der Waals surface area contributed by atoms with Crippen molar-refractivity contribution in [1.29, 1.82) is 0 Å². The quantitative estimate of drug-likeness (QED) is 0.545. The summed E-state index contributed by atoms with van der Waals surface area (Å²) in [6, 6.07) is 14.3. The molecule has 1 aromatic carbocycles. The van der Waals surface area contributed by atoms with E-state index in [1.165, 1.54) is 34.2 Å². The van der Waals surface area contributed by atoms with Gasteiger partial charge < -0.3 is 9.73 Å². The van der Waals surface area contributed by atoms with Crippen LogP contribution >= 0.6 is 11.3 Å². The molecule has 0 saturated carbocycles. The average molecular weight is 361 g/mol. The summed E-state index contributed by atoms with van der Waals surface area (Å²) >= 11 is 1.83. The van der Waals surface area contributed by atoms with Crippen LogP contribution in [0.15, 0.2) is 53.1 Å². The zero-order valence-corrected chi connectivity index (χ0v) is 15.2. The summed E-state index contributed by atoms with van der Waals surface area (Å²) in [6.45, 7) is 0.633. The van der Waals surface area contributed by atoms with Gasteiger partial charge >= 0.3 is 0 Å². The van der Waals surface area contributed by atoms with Crippen molar-refractivity contribution >= 4 is 27.4 Å². The van der Waals surface area contributed by atoms with Crippen molar-refractivity contribution in [1.82, 2.24) is 9.97 Å². The van der Waals surface area contributed by atoms with Crippen LogP contribution in [0.5, 0.6) is 0 Å². The van der Waals surface area contributed by atoms with Crippen LogP contribution in [-0.4, -0.2) is 9.97 Å². The molecule has 0 aliphatic heterocycles. The van der Waals surface area contributed by atoms with Gasteiger partial charge in [-0.3, -0.25) is 0 Å². The number of benzene rings is 1. The molecule has 0 saturated heterocycles. The van der Waals surface area contributed by atoms with Gasteiger partial charge in [-0.25, -0.2) is 9.97 Å². The summed E-state index contributed by atoms with van der Waals surface area (Å²) in [5, 5.41) is 4.71. The molecule has 1 aliphatic rings. The summed E-state index contributed by atoms with van der Waals surface area (Å²) in [4.78, 5) is 12.4. The van der Waals surface area contributed by atoms with Gasteiger partial charge in [-0.05, 0) is 42.5 Å². The van der Waals surface area contributed by atoms with E-state index < -0.39 is 0 Å². The molecule has 0 atom stereocenters. The molecule has 0 fully saturated rings. The second-order valence-electron chi connectivity index (χ2n) is 6.62. The first kappa shape index (κ1) is 15.6. The second kappa shape index (κ2) is 6.57. The number of nitrogens with one attached hydrogen (secondary N) is 1. The molecule has 5 heteroatoms. The maximum absolute atomic E-state index is 5.46. The fraction of sp³-hybridized carbons (Fsp3) is 0.238. The van der Waals surface area contributed by atoms with Crippen molar-refractivity contribution in [3.8, 4) is 0 Å². The molecule has 130 valence electrons. The van der Waals surface area contributed by atoms with E-state index in [4.69, 9.17) is 14.4 Å². The second-order valence-corrected chi connectivity index (χ2v) is 7.70. The Hall–Kier alpha value is -2.66. The molecule has 3 aromatic heterocycles. The Balaban J connectivity index is 1.55. The van der Waals surface area contributed by atoms with Crippen molar-refractivity contribution in [3.63, 3.8) is 0 Å². The largest absolute Gasteiger partial charge is 0.467 e. The summed E-state index contributed by atoms with van der Waals surface area (Å²) in [7, 11) is 0. The number of aryl methyl sites for hydroxylation is 2. The number of nitrogens with zero attached hydrogens (tertiary/aromatic N) is 2. The van der Waals surface area contributed by atoms with Gasteiger partial charge in [0.2, 0.25) is 0 Å². The number of furan rings is 1.